The summed E-state index contributed by atoms with van der Waals surface area (Å²) in [6.07, 6.45) is -0.0718. The van der Waals surface area contributed by atoms with E-state index in [1.807, 2.05) is 0 Å². The van der Waals surface area contributed by atoms with Crippen LogP contribution in [-0.2, 0) is 20.1 Å². The topological polar surface area (TPSA) is 122 Å². The van der Waals surface area contributed by atoms with E-state index in [9.17, 15) is 23.1 Å². The number of nitrogens with zero attached hydrogens (tertiary/aromatic N) is 1. The van der Waals surface area contributed by atoms with Crippen molar-refractivity contribution in [2.45, 2.75) is 56.4 Å². The van der Waals surface area contributed by atoms with Gasteiger partial charge in [0.2, 0.25) is 0 Å². The number of amides is 1. The molecule has 1 amide bonds. The van der Waals surface area contributed by atoms with E-state index in [0.717, 1.165) is 11.3 Å². The molecule has 2 heterocycles. The van der Waals surface area contributed by atoms with Gasteiger partial charge in [-0.05, 0) is 46.6 Å². The molecule has 1 atom stereocenters. The number of ether oxygens (including phenoxy) is 1. The summed E-state index contributed by atoms with van der Waals surface area (Å²) in [7, 11) is -3.67. The van der Waals surface area contributed by atoms with Crippen LogP contribution in [-0.4, -0.2) is 47.5 Å². The SMILES string of the molecule is CC(C)(C)OC(=O)NC1=NC(C)(c2sc(C(=O)O)cc2Cl)CS(=O)(=O)C12CC2. The molecule has 0 bridgehead atoms. The second kappa shape index (κ2) is 6.43. The highest BCUT2D eigenvalue weighted by Crippen LogP contribution is 2.52. The van der Waals surface area contributed by atoms with Crippen LogP contribution in [0.4, 0.5) is 4.79 Å². The lowest BCUT2D eigenvalue weighted by atomic mass is 10.0. The maximum atomic E-state index is 13.1. The largest absolute Gasteiger partial charge is 0.477 e. The van der Waals surface area contributed by atoms with Crippen LogP contribution in [0.15, 0.2) is 11.1 Å². The molecule has 3 rings (SSSR count). The zero-order chi connectivity index (χ0) is 21.1. The molecule has 1 fully saturated rings. The fourth-order valence-corrected chi connectivity index (χ4v) is 7.10. The molecule has 154 valence electrons. The van der Waals surface area contributed by atoms with Gasteiger partial charge in [-0.1, -0.05) is 11.6 Å². The van der Waals surface area contributed by atoms with Crippen LogP contribution in [0.2, 0.25) is 5.02 Å². The van der Waals surface area contributed by atoms with Gasteiger partial charge in [-0.2, -0.15) is 0 Å². The lowest BCUT2D eigenvalue weighted by Crippen LogP contribution is -2.53. The molecule has 2 aliphatic rings. The predicted molar refractivity (Wildman–Crippen MR) is 106 cm³/mol. The maximum Gasteiger partial charge on any atom is 0.413 e. The molecule has 0 saturated heterocycles. The lowest BCUT2D eigenvalue weighted by molar-refractivity contribution is 0.0560. The van der Waals surface area contributed by atoms with Crippen molar-refractivity contribution in [2.24, 2.45) is 4.99 Å². The number of sulfone groups is 1. The third-order valence-electron chi connectivity index (χ3n) is 4.57. The number of alkyl carbamates (subject to hydrolysis) is 1. The lowest BCUT2D eigenvalue weighted by Gasteiger charge is -2.35. The average molecular weight is 449 g/mol. The summed E-state index contributed by atoms with van der Waals surface area (Å²) in [6, 6.07) is 1.28. The number of rotatable bonds is 2. The van der Waals surface area contributed by atoms with Crippen LogP contribution in [0.1, 0.15) is 55.1 Å². The highest BCUT2D eigenvalue weighted by molar-refractivity contribution is 7.94. The second-order valence-electron chi connectivity index (χ2n) is 8.21. The highest BCUT2D eigenvalue weighted by Gasteiger charge is 2.64. The van der Waals surface area contributed by atoms with E-state index >= 15 is 0 Å². The van der Waals surface area contributed by atoms with E-state index in [0.29, 0.717) is 17.7 Å². The van der Waals surface area contributed by atoms with Gasteiger partial charge in [0.15, 0.2) is 9.84 Å². The molecule has 2 N–H and O–H groups in total. The molecule has 0 aromatic carbocycles. The Bertz CT molecular complexity index is 988. The Morgan fingerprint density at radius 1 is 1.36 bits per heavy atom. The summed E-state index contributed by atoms with van der Waals surface area (Å²) in [5.74, 6) is -1.45. The summed E-state index contributed by atoms with van der Waals surface area (Å²) < 4.78 is 30.1. The van der Waals surface area contributed by atoms with Gasteiger partial charge in [0, 0.05) is 0 Å². The van der Waals surface area contributed by atoms with E-state index in [-0.39, 0.29) is 21.5 Å². The normalized spacial score (nSPS) is 25.1. The standard InChI is InChI=1S/C17H21ClN2O6S2/c1-15(2,3)26-14(23)19-13-17(5-6-17)28(24,25)8-16(4,20-13)11-9(18)7-10(27-11)12(21)22/h7H,5-6,8H2,1-4H3,(H,21,22)(H,19,20,23). The Kier molecular flexibility index (Phi) is 4.84. The average Bonchev–Trinajstić information content (AvgIpc) is 3.20. The summed E-state index contributed by atoms with van der Waals surface area (Å²) in [5, 5.41) is 11.8. The van der Waals surface area contributed by atoms with Crippen LogP contribution < -0.4 is 5.32 Å². The number of hydrogen-bond donors (Lipinski definition) is 2. The van der Waals surface area contributed by atoms with Gasteiger partial charge in [0.05, 0.1) is 15.7 Å². The van der Waals surface area contributed by atoms with E-state index in [1.165, 1.54) is 6.07 Å². The number of aromatic carboxylic acids is 1. The van der Waals surface area contributed by atoms with E-state index < -0.39 is 37.8 Å². The van der Waals surface area contributed by atoms with Crippen molar-refractivity contribution in [3.05, 3.63) is 20.8 Å². The van der Waals surface area contributed by atoms with Crippen molar-refractivity contribution in [3.8, 4) is 0 Å². The molecule has 8 nitrogen and oxygen atoms in total. The van der Waals surface area contributed by atoms with Crippen molar-refractivity contribution in [1.29, 1.82) is 0 Å². The fraction of sp³-hybridized carbons (Fsp3) is 0.588. The number of aliphatic imine (C=N–C) groups is 1. The Morgan fingerprint density at radius 2 is 1.96 bits per heavy atom. The first-order chi connectivity index (χ1) is 12.7. The summed E-state index contributed by atoms with van der Waals surface area (Å²) in [5.41, 5.74) is -2.07. The van der Waals surface area contributed by atoms with Crippen molar-refractivity contribution in [3.63, 3.8) is 0 Å². The summed E-state index contributed by atoms with van der Waals surface area (Å²) in [6.45, 7) is 6.66. The molecule has 11 heteroatoms. The van der Waals surface area contributed by atoms with Crippen LogP contribution in [0, 0.1) is 0 Å². The monoisotopic (exact) mass is 448 g/mol. The molecule has 1 spiro atoms. The number of halogens is 1. The molecular weight excluding hydrogens is 428 g/mol. The maximum absolute atomic E-state index is 13.1. The molecule has 1 aliphatic carbocycles. The molecule has 0 radical (unpaired) electrons. The Labute approximate surface area is 171 Å². The molecule has 1 aromatic heterocycles. The fourth-order valence-electron chi connectivity index (χ4n) is 3.20. The number of carboxylic acid groups (broad SMARTS) is 1. The predicted octanol–water partition coefficient (Wildman–Crippen LogP) is 3.20. The molecule has 1 unspecified atom stereocenters. The number of carbonyl (C=O) groups excluding carboxylic acids is 1. The quantitative estimate of drug-likeness (QED) is 0.716. The molecule has 1 aromatic rings. The minimum Gasteiger partial charge on any atom is -0.477 e. The van der Waals surface area contributed by atoms with Gasteiger partial charge in [-0.15, -0.1) is 11.3 Å². The summed E-state index contributed by atoms with van der Waals surface area (Å²) >= 11 is 7.08. The van der Waals surface area contributed by atoms with Gasteiger partial charge >= 0.3 is 12.1 Å². The van der Waals surface area contributed by atoms with Crippen LogP contribution in [0.3, 0.4) is 0 Å². The van der Waals surface area contributed by atoms with E-state index in [2.05, 4.69) is 10.3 Å². The van der Waals surface area contributed by atoms with Crippen molar-refractivity contribution in [2.75, 3.05) is 5.75 Å². The molecule has 1 aliphatic heterocycles. The van der Waals surface area contributed by atoms with Gasteiger partial charge in [0.25, 0.3) is 0 Å². The van der Waals surface area contributed by atoms with Gasteiger partial charge in [0.1, 0.15) is 26.6 Å². The Hall–Kier alpha value is -1.65. The number of hydrogen-bond acceptors (Lipinski definition) is 7. The van der Waals surface area contributed by atoms with Crippen molar-refractivity contribution < 1.29 is 27.9 Å². The first kappa shape index (κ1) is 21.1. The molecule has 1 saturated carbocycles. The number of carbonyl (C=O) groups is 2. The number of nitrogens with one attached hydrogen (secondary N) is 1. The number of carboxylic acids is 1. The Morgan fingerprint density at radius 3 is 2.43 bits per heavy atom. The van der Waals surface area contributed by atoms with E-state index in [4.69, 9.17) is 16.3 Å². The summed E-state index contributed by atoms with van der Waals surface area (Å²) in [4.78, 5) is 28.4. The zero-order valence-corrected chi connectivity index (χ0v) is 18.2. The number of thiophene rings is 1. The first-order valence-electron chi connectivity index (χ1n) is 8.55. The first-order valence-corrected chi connectivity index (χ1v) is 11.4. The smallest absolute Gasteiger partial charge is 0.413 e. The second-order valence-corrected chi connectivity index (χ2v) is 12.0. The van der Waals surface area contributed by atoms with E-state index in [1.54, 1.807) is 27.7 Å². The third kappa shape index (κ3) is 3.65. The number of amidine groups is 1. The van der Waals surface area contributed by atoms with Crippen molar-refractivity contribution >= 4 is 50.7 Å². The van der Waals surface area contributed by atoms with Crippen LogP contribution >= 0.6 is 22.9 Å². The minimum atomic E-state index is -3.67. The Balaban J connectivity index is 2.05. The third-order valence-corrected chi connectivity index (χ3v) is 9.09. The zero-order valence-electron chi connectivity index (χ0n) is 15.8. The van der Waals surface area contributed by atoms with Crippen molar-refractivity contribution in [1.82, 2.24) is 5.32 Å². The van der Waals surface area contributed by atoms with Crippen LogP contribution in [0.25, 0.3) is 0 Å². The molecular formula is C17H21ClN2O6S2. The minimum absolute atomic E-state index is 0.0119. The highest BCUT2D eigenvalue weighted by atomic mass is 35.5. The van der Waals surface area contributed by atoms with Gasteiger partial charge in [-0.3, -0.25) is 10.3 Å². The molecule has 28 heavy (non-hydrogen) atoms. The van der Waals surface area contributed by atoms with Gasteiger partial charge < -0.3 is 9.84 Å². The van der Waals surface area contributed by atoms with Gasteiger partial charge in [-0.25, -0.2) is 18.0 Å². The van der Waals surface area contributed by atoms with Crippen LogP contribution in [0.5, 0.6) is 0 Å².